The topological polar surface area (TPSA) is 81.9 Å². The molecule has 3 heterocycles. The Morgan fingerprint density at radius 2 is 2.19 bits per heavy atom. The number of halogens is 1. The van der Waals surface area contributed by atoms with E-state index < -0.39 is 0 Å². The number of carbonyl (C=O) groups is 1. The number of aryl methyl sites for hydroxylation is 1. The first-order chi connectivity index (χ1) is 12.6. The lowest BCUT2D eigenvalue weighted by Gasteiger charge is -2.19. The summed E-state index contributed by atoms with van der Waals surface area (Å²) in [5.41, 5.74) is 2.57. The minimum absolute atomic E-state index is 0.137. The molecule has 0 radical (unpaired) electrons. The van der Waals surface area contributed by atoms with Gasteiger partial charge in [0.25, 0.3) is 5.91 Å². The van der Waals surface area contributed by atoms with Crippen LogP contribution < -0.4 is 5.32 Å². The maximum absolute atomic E-state index is 13.1. The number of amides is 1. The van der Waals surface area contributed by atoms with E-state index in [1.807, 2.05) is 0 Å². The number of ether oxygens (including phenoxy) is 1. The Balaban J connectivity index is 1.43. The third kappa shape index (κ3) is 3.15. The fourth-order valence-corrected chi connectivity index (χ4v) is 3.24. The second-order valence-electron chi connectivity index (χ2n) is 6.38. The highest BCUT2D eigenvalue weighted by Crippen LogP contribution is 2.34. The van der Waals surface area contributed by atoms with Crippen molar-refractivity contribution in [3.8, 4) is 0 Å². The van der Waals surface area contributed by atoms with Crippen LogP contribution in [0.4, 0.5) is 4.39 Å². The highest BCUT2D eigenvalue weighted by Gasteiger charge is 2.30. The van der Waals surface area contributed by atoms with E-state index >= 15 is 0 Å². The molecule has 0 spiro atoms. The zero-order valence-electron chi connectivity index (χ0n) is 14.2. The van der Waals surface area contributed by atoms with Crippen LogP contribution in [0, 0.1) is 11.7 Å². The molecule has 2 atom stereocenters. The van der Waals surface area contributed by atoms with Crippen molar-refractivity contribution in [2.45, 2.75) is 12.5 Å². The molecule has 0 saturated carbocycles. The number of nitrogens with zero attached hydrogens (tertiary/aromatic N) is 4. The Hall–Kier alpha value is -2.87. The third-order valence-corrected chi connectivity index (χ3v) is 4.64. The second kappa shape index (κ2) is 6.80. The number of rotatable bonds is 4. The normalized spacial score (nSPS) is 19.8. The molecule has 3 aromatic rings. The zero-order valence-corrected chi connectivity index (χ0v) is 14.2. The first kappa shape index (κ1) is 16.6. The van der Waals surface area contributed by atoms with Gasteiger partial charge < -0.3 is 10.1 Å². The Morgan fingerprint density at radius 3 is 3.00 bits per heavy atom. The molecule has 0 bridgehead atoms. The van der Waals surface area contributed by atoms with Gasteiger partial charge >= 0.3 is 0 Å². The van der Waals surface area contributed by atoms with Crippen LogP contribution >= 0.6 is 0 Å². The minimum atomic E-state index is -0.275. The number of hydrogen-bond acceptors (Lipinski definition) is 5. The standard InChI is InChI=1S/C18H18FN5O2/c1-24-17-15(22-23-24)8-13(10-20-17)18(25)21-9-12-6-7-26-16(12)11-2-4-14(19)5-3-11/h2-5,8,10,12,16H,6-7,9H2,1H3,(H,21,25)/t12-,16-/m0/s1. The molecule has 0 unspecified atom stereocenters. The first-order valence-corrected chi connectivity index (χ1v) is 8.42. The molecule has 7 nitrogen and oxygen atoms in total. The number of carbonyl (C=O) groups excluding carboxylic acids is 1. The number of benzene rings is 1. The molecule has 4 rings (SSSR count). The average Bonchev–Trinajstić information content (AvgIpc) is 3.27. The third-order valence-electron chi connectivity index (χ3n) is 4.64. The largest absolute Gasteiger partial charge is 0.373 e. The highest BCUT2D eigenvalue weighted by atomic mass is 19.1. The van der Waals surface area contributed by atoms with E-state index in [1.165, 1.54) is 18.3 Å². The van der Waals surface area contributed by atoms with Crippen LogP contribution in [0.3, 0.4) is 0 Å². The van der Waals surface area contributed by atoms with Gasteiger partial charge in [-0.1, -0.05) is 17.3 Å². The van der Waals surface area contributed by atoms with Crippen LogP contribution in [0.5, 0.6) is 0 Å². The van der Waals surface area contributed by atoms with Gasteiger partial charge in [-0.3, -0.25) is 4.79 Å². The van der Waals surface area contributed by atoms with Crippen molar-refractivity contribution >= 4 is 17.1 Å². The molecule has 1 N–H and O–H groups in total. The van der Waals surface area contributed by atoms with Crippen LogP contribution in [0.25, 0.3) is 11.2 Å². The number of aromatic nitrogens is 4. The van der Waals surface area contributed by atoms with E-state index in [4.69, 9.17) is 4.74 Å². The summed E-state index contributed by atoms with van der Waals surface area (Å²) in [5, 5.41) is 10.8. The fraction of sp³-hybridized carbons (Fsp3) is 0.333. The monoisotopic (exact) mass is 355 g/mol. The smallest absolute Gasteiger partial charge is 0.252 e. The summed E-state index contributed by atoms with van der Waals surface area (Å²) in [6.45, 7) is 1.09. The molecular formula is C18H18FN5O2. The molecule has 1 aliphatic rings. The lowest BCUT2D eigenvalue weighted by atomic mass is 9.95. The molecule has 8 heteroatoms. The van der Waals surface area contributed by atoms with Crippen molar-refractivity contribution in [2.24, 2.45) is 13.0 Å². The van der Waals surface area contributed by atoms with E-state index in [0.717, 1.165) is 12.0 Å². The lowest BCUT2D eigenvalue weighted by Crippen LogP contribution is -2.30. The summed E-state index contributed by atoms with van der Waals surface area (Å²) in [6.07, 6.45) is 2.21. The Bertz CT molecular complexity index is 940. The van der Waals surface area contributed by atoms with Gasteiger partial charge in [0.05, 0.1) is 11.7 Å². The van der Waals surface area contributed by atoms with Gasteiger partial charge in [0, 0.05) is 32.3 Å². The molecule has 0 aliphatic carbocycles. The van der Waals surface area contributed by atoms with Gasteiger partial charge in [-0.2, -0.15) is 0 Å². The first-order valence-electron chi connectivity index (χ1n) is 8.42. The van der Waals surface area contributed by atoms with Crippen LogP contribution in [-0.4, -0.2) is 39.0 Å². The van der Waals surface area contributed by atoms with Crippen molar-refractivity contribution in [1.82, 2.24) is 25.3 Å². The quantitative estimate of drug-likeness (QED) is 0.774. The number of pyridine rings is 1. The molecule has 1 amide bonds. The van der Waals surface area contributed by atoms with Gasteiger partial charge in [0.15, 0.2) is 5.65 Å². The molecule has 1 saturated heterocycles. The van der Waals surface area contributed by atoms with Crippen molar-refractivity contribution < 1.29 is 13.9 Å². The number of nitrogens with one attached hydrogen (secondary N) is 1. The fourth-order valence-electron chi connectivity index (χ4n) is 3.24. The molecule has 1 aliphatic heterocycles. The lowest BCUT2D eigenvalue weighted by molar-refractivity contribution is 0.0846. The molecule has 1 fully saturated rings. The highest BCUT2D eigenvalue weighted by molar-refractivity contribution is 5.96. The summed E-state index contributed by atoms with van der Waals surface area (Å²) in [4.78, 5) is 16.7. The number of hydrogen-bond donors (Lipinski definition) is 1. The van der Waals surface area contributed by atoms with E-state index in [2.05, 4.69) is 20.6 Å². The van der Waals surface area contributed by atoms with Crippen molar-refractivity contribution in [1.29, 1.82) is 0 Å². The van der Waals surface area contributed by atoms with Crippen molar-refractivity contribution in [2.75, 3.05) is 13.2 Å². The van der Waals surface area contributed by atoms with Gasteiger partial charge in [0.1, 0.15) is 11.3 Å². The zero-order chi connectivity index (χ0) is 18.1. The summed E-state index contributed by atoms with van der Waals surface area (Å²) >= 11 is 0. The van der Waals surface area contributed by atoms with E-state index in [1.54, 1.807) is 29.9 Å². The van der Waals surface area contributed by atoms with Crippen LogP contribution in [0.2, 0.25) is 0 Å². The van der Waals surface area contributed by atoms with E-state index in [0.29, 0.717) is 29.9 Å². The van der Waals surface area contributed by atoms with E-state index in [-0.39, 0.29) is 23.7 Å². The molecule has 2 aromatic heterocycles. The van der Waals surface area contributed by atoms with Gasteiger partial charge in [-0.25, -0.2) is 14.1 Å². The maximum Gasteiger partial charge on any atom is 0.252 e. The van der Waals surface area contributed by atoms with Crippen molar-refractivity contribution in [3.63, 3.8) is 0 Å². The van der Waals surface area contributed by atoms with Gasteiger partial charge in [-0.05, 0) is 30.2 Å². The Labute approximate surface area is 149 Å². The molecule has 134 valence electrons. The van der Waals surface area contributed by atoms with Crippen molar-refractivity contribution in [3.05, 3.63) is 53.5 Å². The molecular weight excluding hydrogens is 337 g/mol. The van der Waals surface area contributed by atoms with Crippen LogP contribution in [0.15, 0.2) is 36.5 Å². The Kier molecular flexibility index (Phi) is 4.34. The summed E-state index contributed by atoms with van der Waals surface area (Å²) in [6, 6.07) is 7.98. The van der Waals surface area contributed by atoms with Gasteiger partial charge in [-0.15, -0.1) is 5.10 Å². The SMILES string of the molecule is Cn1nnc2cc(C(=O)NC[C@@H]3CCO[C@H]3c3ccc(F)cc3)cnc21. The summed E-state index contributed by atoms with van der Waals surface area (Å²) < 4.78 is 20.4. The summed E-state index contributed by atoms with van der Waals surface area (Å²) in [7, 11) is 1.75. The molecule has 26 heavy (non-hydrogen) atoms. The predicted octanol–water partition coefficient (Wildman–Crippen LogP) is 2.01. The average molecular weight is 355 g/mol. The molecule has 1 aromatic carbocycles. The maximum atomic E-state index is 13.1. The van der Waals surface area contributed by atoms with Crippen LogP contribution in [0.1, 0.15) is 28.4 Å². The minimum Gasteiger partial charge on any atom is -0.373 e. The van der Waals surface area contributed by atoms with E-state index in [9.17, 15) is 9.18 Å². The Morgan fingerprint density at radius 1 is 1.38 bits per heavy atom. The summed E-state index contributed by atoms with van der Waals surface area (Å²) in [5.74, 6) is -0.351. The van der Waals surface area contributed by atoms with Gasteiger partial charge in [0.2, 0.25) is 0 Å². The van der Waals surface area contributed by atoms with Crippen LogP contribution in [-0.2, 0) is 11.8 Å². The second-order valence-corrected chi connectivity index (χ2v) is 6.38. The number of fused-ring (bicyclic) bond motifs is 1. The predicted molar refractivity (Wildman–Crippen MR) is 91.8 cm³/mol.